The van der Waals surface area contributed by atoms with Gasteiger partial charge in [0.25, 0.3) is 0 Å². The van der Waals surface area contributed by atoms with Gasteiger partial charge in [0.2, 0.25) is 5.89 Å². The van der Waals surface area contributed by atoms with Gasteiger partial charge in [-0.25, -0.2) is 4.98 Å². The van der Waals surface area contributed by atoms with Crippen LogP contribution in [0.5, 0.6) is 0 Å². The number of hydrogen-bond donors (Lipinski definition) is 0. The van der Waals surface area contributed by atoms with E-state index in [4.69, 9.17) is 27.6 Å². The summed E-state index contributed by atoms with van der Waals surface area (Å²) in [5, 5.41) is 2.37. The molecule has 5 heteroatoms. The van der Waals surface area contributed by atoms with Crippen molar-refractivity contribution in [3.05, 3.63) is 28.6 Å². The SMILES string of the molecule is CC(Cl)c1ncc(-c2sccc2Cl)o1. The minimum absolute atomic E-state index is 0.220. The van der Waals surface area contributed by atoms with Crippen molar-refractivity contribution in [1.82, 2.24) is 4.98 Å². The lowest BCUT2D eigenvalue weighted by Crippen LogP contribution is -1.80. The zero-order valence-corrected chi connectivity index (χ0v) is 9.66. The second kappa shape index (κ2) is 3.93. The molecule has 0 aliphatic heterocycles. The van der Waals surface area contributed by atoms with Gasteiger partial charge >= 0.3 is 0 Å². The third-order valence-corrected chi connectivity index (χ3v) is 3.25. The molecule has 0 spiro atoms. The van der Waals surface area contributed by atoms with Gasteiger partial charge in [-0.1, -0.05) is 11.6 Å². The quantitative estimate of drug-likeness (QED) is 0.738. The van der Waals surface area contributed by atoms with E-state index < -0.39 is 0 Å². The van der Waals surface area contributed by atoms with Crippen molar-refractivity contribution in [1.29, 1.82) is 0 Å². The molecule has 0 aliphatic rings. The van der Waals surface area contributed by atoms with Crippen LogP contribution in [0.15, 0.2) is 22.1 Å². The lowest BCUT2D eigenvalue weighted by Gasteiger charge is -1.94. The van der Waals surface area contributed by atoms with E-state index in [9.17, 15) is 0 Å². The lowest BCUT2D eigenvalue weighted by molar-refractivity contribution is 0.509. The van der Waals surface area contributed by atoms with Crippen molar-refractivity contribution in [2.24, 2.45) is 0 Å². The molecule has 2 aromatic rings. The van der Waals surface area contributed by atoms with Crippen molar-refractivity contribution < 1.29 is 4.42 Å². The van der Waals surface area contributed by atoms with Gasteiger partial charge in [0, 0.05) is 0 Å². The van der Waals surface area contributed by atoms with Gasteiger partial charge in [-0.2, -0.15) is 0 Å². The van der Waals surface area contributed by atoms with Crippen LogP contribution in [0.25, 0.3) is 10.6 Å². The van der Waals surface area contributed by atoms with Crippen molar-refractivity contribution in [2.75, 3.05) is 0 Å². The van der Waals surface area contributed by atoms with Crippen LogP contribution in [0.4, 0.5) is 0 Å². The Labute approximate surface area is 95.5 Å². The Hall–Kier alpha value is -0.510. The van der Waals surface area contributed by atoms with E-state index in [1.165, 1.54) is 11.3 Å². The molecule has 2 nitrogen and oxygen atoms in total. The van der Waals surface area contributed by atoms with Crippen molar-refractivity contribution in [2.45, 2.75) is 12.3 Å². The van der Waals surface area contributed by atoms with E-state index in [0.29, 0.717) is 16.7 Å². The summed E-state index contributed by atoms with van der Waals surface area (Å²) in [5.41, 5.74) is 0. The monoisotopic (exact) mass is 247 g/mol. The maximum Gasteiger partial charge on any atom is 0.212 e. The molecule has 74 valence electrons. The maximum atomic E-state index is 5.95. The normalized spacial score (nSPS) is 13.1. The molecule has 0 saturated heterocycles. The summed E-state index contributed by atoms with van der Waals surface area (Å²) in [5.74, 6) is 1.19. The molecule has 0 fully saturated rings. The molecule has 0 aromatic carbocycles. The zero-order chi connectivity index (χ0) is 10.1. The Morgan fingerprint density at radius 3 is 2.86 bits per heavy atom. The molecule has 1 atom stereocenters. The van der Waals surface area contributed by atoms with Gasteiger partial charge in [0.1, 0.15) is 5.38 Å². The molecule has 1 unspecified atom stereocenters. The molecule has 0 bridgehead atoms. The Balaban J connectivity index is 2.39. The first-order chi connectivity index (χ1) is 6.68. The number of oxazole rings is 1. The number of aromatic nitrogens is 1. The van der Waals surface area contributed by atoms with Crippen LogP contribution in [0, 0.1) is 0 Å². The molecule has 14 heavy (non-hydrogen) atoms. The number of alkyl halides is 1. The highest BCUT2D eigenvalue weighted by atomic mass is 35.5. The first kappa shape index (κ1) is 10.0. The summed E-state index contributed by atoms with van der Waals surface area (Å²) in [6, 6.07) is 1.83. The van der Waals surface area contributed by atoms with Crippen LogP contribution < -0.4 is 0 Å². The molecular formula is C9H7Cl2NOS. The molecule has 2 aromatic heterocycles. The van der Waals surface area contributed by atoms with Crippen LogP contribution in [0.3, 0.4) is 0 Å². The molecule has 0 saturated carbocycles. The van der Waals surface area contributed by atoms with Gasteiger partial charge < -0.3 is 4.42 Å². The van der Waals surface area contributed by atoms with Gasteiger partial charge in [-0.3, -0.25) is 0 Å². The summed E-state index contributed by atoms with van der Waals surface area (Å²) in [6.45, 7) is 1.81. The fraction of sp³-hybridized carbons (Fsp3) is 0.222. The van der Waals surface area contributed by atoms with E-state index in [-0.39, 0.29) is 5.38 Å². The second-order valence-corrected chi connectivity index (χ2v) is 4.75. The first-order valence-corrected chi connectivity index (χ1v) is 5.71. The summed E-state index contributed by atoms with van der Waals surface area (Å²) < 4.78 is 5.45. The smallest absolute Gasteiger partial charge is 0.212 e. The predicted molar refractivity (Wildman–Crippen MR) is 59.1 cm³/mol. The number of thiophene rings is 1. The van der Waals surface area contributed by atoms with Crippen molar-refractivity contribution in [3.8, 4) is 10.6 Å². The van der Waals surface area contributed by atoms with E-state index in [0.717, 1.165) is 4.88 Å². The Morgan fingerprint density at radius 1 is 1.57 bits per heavy atom. The third-order valence-electron chi connectivity index (χ3n) is 1.70. The average Bonchev–Trinajstić information content (AvgIpc) is 2.71. The molecular weight excluding hydrogens is 241 g/mol. The Bertz CT molecular complexity index is 435. The summed E-state index contributed by atoms with van der Waals surface area (Å²) >= 11 is 13.3. The van der Waals surface area contributed by atoms with Crippen LogP contribution >= 0.6 is 34.5 Å². The van der Waals surface area contributed by atoms with Crippen LogP contribution in [0.1, 0.15) is 18.2 Å². The topological polar surface area (TPSA) is 26.0 Å². The van der Waals surface area contributed by atoms with Crippen LogP contribution in [-0.4, -0.2) is 4.98 Å². The second-order valence-electron chi connectivity index (χ2n) is 2.78. The van der Waals surface area contributed by atoms with Crippen LogP contribution in [-0.2, 0) is 0 Å². The number of hydrogen-bond acceptors (Lipinski definition) is 3. The van der Waals surface area contributed by atoms with E-state index in [1.807, 2.05) is 18.4 Å². The number of halogens is 2. The van der Waals surface area contributed by atoms with Gasteiger partial charge in [0.05, 0.1) is 16.1 Å². The molecule has 2 rings (SSSR count). The summed E-state index contributed by atoms with van der Waals surface area (Å²) in [7, 11) is 0. The predicted octanol–water partition coefficient (Wildman–Crippen LogP) is 4.36. The fourth-order valence-corrected chi connectivity index (χ4v) is 2.24. The maximum absolute atomic E-state index is 5.95. The van der Waals surface area contributed by atoms with Gasteiger partial charge in [-0.15, -0.1) is 22.9 Å². The van der Waals surface area contributed by atoms with E-state index in [2.05, 4.69) is 4.98 Å². The average molecular weight is 248 g/mol. The van der Waals surface area contributed by atoms with Gasteiger partial charge in [-0.05, 0) is 18.4 Å². The highest BCUT2D eigenvalue weighted by molar-refractivity contribution is 7.14. The lowest BCUT2D eigenvalue weighted by atomic mass is 10.4. The minimum atomic E-state index is -0.220. The van der Waals surface area contributed by atoms with Crippen LogP contribution in [0.2, 0.25) is 5.02 Å². The standard InChI is InChI=1S/C9H7Cl2NOS/c1-5(10)9-12-4-7(13-9)8-6(11)2-3-14-8/h2-5H,1H3. The van der Waals surface area contributed by atoms with Crippen molar-refractivity contribution in [3.63, 3.8) is 0 Å². The highest BCUT2D eigenvalue weighted by Gasteiger charge is 2.13. The molecule has 0 radical (unpaired) electrons. The zero-order valence-electron chi connectivity index (χ0n) is 7.33. The summed E-state index contributed by atoms with van der Waals surface area (Å²) in [4.78, 5) is 4.95. The van der Waals surface area contributed by atoms with Gasteiger partial charge in [0.15, 0.2) is 5.76 Å². The Morgan fingerprint density at radius 2 is 2.36 bits per heavy atom. The minimum Gasteiger partial charge on any atom is -0.438 e. The third kappa shape index (κ3) is 1.80. The largest absolute Gasteiger partial charge is 0.438 e. The van der Waals surface area contributed by atoms with Crippen molar-refractivity contribution >= 4 is 34.5 Å². The highest BCUT2D eigenvalue weighted by Crippen LogP contribution is 2.34. The molecule has 0 N–H and O–H groups in total. The number of nitrogens with zero attached hydrogens (tertiary/aromatic N) is 1. The summed E-state index contributed by atoms with van der Waals surface area (Å²) in [6.07, 6.45) is 1.64. The Kier molecular flexibility index (Phi) is 2.81. The molecule has 2 heterocycles. The first-order valence-electron chi connectivity index (χ1n) is 4.01. The number of rotatable bonds is 2. The molecule has 0 amide bonds. The van der Waals surface area contributed by atoms with E-state index in [1.54, 1.807) is 6.20 Å². The fourth-order valence-electron chi connectivity index (χ4n) is 1.05. The van der Waals surface area contributed by atoms with E-state index >= 15 is 0 Å². The molecule has 0 aliphatic carbocycles.